The van der Waals surface area contributed by atoms with Gasteiger partial charge in [0.15, 0.2) is 11.4 Å². The number of fused-ring (bicyclic) bond motifs is 3. The van der Waals surface area contributed by atoms with Gasteiger partial charge in [-0.05, 0) is 55.6 Å². The number of hydrogen-bond acceptors (Lipinski definition) is 8. The molecule has 198 valence electrons. The Morgan fingerprint density at radius 2 is 1.74 bits per heavy atom. The summed E-state index contributed by atoms with van der Waals surface area (Å²) in [6, 6.07) is 9.18. The molecule has 6 N–H and O–H groups in total. The summed E-state index contributed by atoms with van der Waals surface area (Å²) in [6.45, 7) is 0. The Morgan fingerprint density at radius 1 is 1.08 bits per heavy atom. The van der Waals surface area contributed by atoms with Gasteiger partial charge >= 0.3 is 0 Å². The first-order valence-corrected chi connectivity index (χ1v) is 12.4. The number of carbonyl (C=O) groups excluding carboxylic acids is 3. The molecule has 9 nitrogen and oxygen atoms in total. The van der Waals surface area contributed by atoms with Crippen molar-refractivity contribution in [1.82, 2.24) is 4.90 Å². The second-order valence-electron chi connectivity index (χ2n) is 10.5. The monoisotopic (exact) mass is 526 g/mol. The number of aromatic hydroxyl groups is 1. The highest BCUT2D eigenvalue weighted by Crippen LogP contribution is 2.53. The second kappa shape index (κ2) is 9.25. The average Bonchev–Trinajstić information content (AvgIpc) is 2.86. The fourth-order valence-corrected chi connectivity index (χ4v) is 6.22. The van der Waals surface area contributed by atoms with Gasteiger partial charge in [0, 0.05) is 11.5 Å². The fraction of sp³-hybridized carbons (Fsp3) is 0.276. The molecule has 1 amide bonds. The number of amides is 1. The van der Waals surface area contributed by atoms with Crippen LogP contribution in [0.1, 0.15) is 28.7 Å². The predicted octanol–water partition coefficient (Wildman–Crippen LogP) is 0.928. The number of Topliss-reactive ketones (excluding diaryl/α,β-unsaturated/α-hetero) is 2. The van der Waals surface area contributed by atoms with E-state index >= 15 is 0 Å². The molecule has 1 unspecified atom stereocenters. The number of ketones is 2. The highest BCUT2D eigenvalue weighted by atomic mass is 16.3. The molecule has 4 atom stereocenters. The quantitative estimate of drug-likeness (QED) is 0.223. The number of nitrogens with zero attached hydrogens (tertiary/aromatic N) is 1. The lowest BCUT2D eigenvalue weighted by Crippen LogP contribution is -2.65. The highest BCUT2D eigenvalue weighted by Gasteiger charge is 2.64. The summed E-state index contributed by atoms with van der Waals surface area (Å²) in [5.74, 6) is -6.75. The first-order valence-electron chi connectivity index (χ1n) is 12.4. The minimum atomic E-state index is -2.66. The van der Waals surface area contributed by atoms with Gasteiger partial charge in [-0.3, -0.25) is 19.3 Å². The van der Waals surface area contributed by atoms with Gasteiger partial charge in [0.05, 0.1) is 11.6 Å². The molecule has 10 heteroatoms. The van der Waals surface area contributed by atoms with Crippen LogP contribution in [0.5, 0.6) is 5.75 Å². The number of phenolic OH excluding ortho intramolecular Hbond substituents is 1. The normalized spacial score (nSPS) is 26.6. The number of nitrogens with two attached hydrogens (primary N) is 1. The smallest absolute Gasteiger partial charge is 0.255 e. The lowest BCUT2D eigenvalue weighted by atomic mass is 9.57. The van der Waals surface area contributed by atoms with Crippen molar-refractivity contribution in [2.75, 3.05) is 14.1 Å². The summed E-state index contributed by atoms with van der Waals surface area (Å²) in [5.41, 5.74) is 4.50. The summed E-state index contributed by atoms with van der Waals surface area (Å²) in [4.78, 5) is 40.6. The van der Waals surface area contributed by atoms with Gasteiger partial charge in [-0.1, -0.05) is 47.9 Å². The van der Waals surface area contributed by atoms with E-state index in [9.17, 15) is 34.8 Å². The fourth-order valence-electron chi connectivity index (χ4n) is 6.22. The van der Waals surface area contributed by atoms with Crippen LogP contribution in [-0.4, -0.2) is 76.4 Å². The zero-order valence-corrected chi connectivity index (χ0v) is 21.4. The van der Waals surface area contributed by atoms with E-state index < -0.39 is 58.0 Å². The zero-order chi connectivity index (χ0) is 28.4. The highest BCUT2D eigenvalue weighted by molar-refractivity contribution is 6.32. The molecule has 1 saturated carbocycles. The Labute approximate surface area is 226 Å². The van der Waals surface area contributed by atoms with Crippen molar-refractivity contribution in [3.63, 3.8) is 0 Å². The molecule has 0 bridgehead atoms. The SMILES string of the molecule is [B]c1ccc(/C=C/c2ccc(O)c3c2C[C@H]2C[C@H]4C(N(C)C)C(=O)C(C(N)=O)=C(O)[C@@]4(O)C(=O)C2=C3O)cc1. The molecule has 0 aliphatic heterocycles. The summed E-state index contributed by atoms with van der Waals surface area (Å²) < 4.78 is 0. The van der Waals surface area contributed by atoms with Crippen molar-refractivity contribution in [2.24, 2.45) is 17.6 Å². The van der Waals surface area contributed by atoms with Crippen LogP contribution >= 0.6 is 0 Å². The first kappa shape index (κ1) is 26.5. The second-order valence-corrected chi connectivity index (χ2v) is 10.5. The number of aliphatic hydroxyl groups excluding tert-OH is 2. The number of benzene rings is 2. The molecular weight excluding hydrogens is 499 g/mol. The van der Waals surface area contributed by atoms with E-state index in [1.807, 2.05) is 24.3 Å². The summed E-state index contributed by atoms with van der Waals surface area (Å²) >= 11 is 0. The van der Waals surface area contributed by atoms with Crippen LogP contribution in [0.3, 0.4) is 0 Å². The van der Waals surface area contributed by atoms with E-state index in [1.165, 1.54) is 11.0 Å². The molecule has 3 aliphatic rings. The Bertz CT molecular complexity index is 1520. The van der Waals surface area contributed by atoms with Crippen LogP contribution in [0.25, 0.3) is 17.9 Å². The number of phenols is 1. The van der Waals surface area contributed by atoms with Crippen LogP contribution in [0, 0.1) is 11.8 Å². The molecule has 2 aromatic carbocycles. The molecule has 0 heterocycles. The van der Waals surface area contributed by atoms with E-state index in [4.69, 9.17) is 13.6 Å². The molecule has 3 aliphatic carbocycles. The van der Waals surface area contributed by atoms with Crippen molar-refractivity contribution in [2.45, 2.75) is 24.5 Å². The predicted molar refractivity (Wildman–Crippen MR) is 145 cm³/mol. The maximum Gasteiger partial charge on any atom is 0.255 e. The topological polar surface area (TPSA) is 161 Å². The number of rotatable bonds is 4. The molecular formula is C29H27BN2O7. The van der Waals surface area contributed by atoms with E-state index in [0.717, 1.165) is 5.56 Å². The van der Waals surface area contributed by atoms with E-state index in [2.05, 4.69) is 0 Å². The molecule has 2 aromatic rings. The lowest BCUT2D eigenvalue weighted by Gasteiger charge is -2.50. The number of primary amides is 1. The molecule has 0 saturated heterocycles. The number of carbonyl (C=O) groups is 3. The molecule has 39 heavy (non-hydrogen) atoms. The minimum absolute atomic E-state index is 0.0303. The largest absolute Gasteiger partial charge is 0.508 e. The van der Waals surface area contributed by atoms with Gasteiger partial charge < -0.3 is 26.2 Å². The summed E-state index contributed by atoms with van der Waals surface area (Å²) in [5, 5.41) is 44.6. The molecule has 5 rings (SSSR count). The Balaban J connectivity index is 1.66. The lowest BCUT2D eigenvalue weighted by molar-refractivity contribution is -0.153. The first-order chi connectivity index (χ1) is 18.4. The molecule has 1 fully saturated rings. The third-order valence-corrected chi connectivity index (χ3v) is 8.03. The molecule has 0 spiro atoms. The Morgan fingerprint density at radius 3 is 2.36 bits per heavy atom. The van der Waals surface area contributed by atoms with Crippen LogP contribution in [-0.2, 0) is 20.8 Å². The van der Waals surface area contributed by atoms with Gasteiger partial charge in [-0.15, -0.1) is 0 Å². The minimum Gasteiger partial charge on any atom is -0.508 e. The van der Waals surface area contributed by atoms with Gasteiger partial charge in [-0.25, -0.2) is 0 Å². The van der Waals surface area contributed by atoms with Crippen LogP contribution < -0.4 is 11.2 Å². The number of aliphatic hydroxyl groups is 3. The van der Waals surface area contributed by atoms with Crippen molar-refractivity contribution in [1.29, 1.82) is 0 Å². The van der Waals surface area contributed by atoms with E-state index in [-0.39, 0.29) is 29.7 Å². The Hall–Kier alpha value is -4.15. The maximum absolute atomic E-state index is 13.9. The maximum atomic E-state index is 13.9. The van der Waals surface area contributed by atoms with Crippen LogP contribution in [0.15, 0.2) is 53.3 Å². The van der Waals surface area contributed by atoms with Crippen molar-refractivity contribution in [3.05, 3.63) is 75.6 Å². The third kappa shape index (κ3) is 3.90. The average molecular weight is 526 g/mol. The van der Waals surface area contributed by atoms with Gasteiger partial charge in [0.2, 0.25) is 5.78 Å². The molecule has 2 radical (unpaired) electrons. The zero-order valence-electron chi connectivity index (χ0n) is 21.4. The van der Waals surface area contributed by atoms with Crippen LogP contribution in [0.4, 0.5) is 0 Å². The van der Waals surface area contributed by atoms with Gasteiger partial charge in [0.1, 0.15) is 30.7 Å². The molecule has 0 aromatic heterocycles. The standard InChI is InChI=1S/C29H27BN2O7/c1-32(2)23-18-12-15-11-17-14(6-3-13-4-8-16(30)9-5-13)7-10-19(33)21(17)24(34)20(15)26(36)29(18,39)27(37)22(25(23)35)28(31)38/h3-10,15,18,23,33-34,37,39H,11-12H2,1-2H3,(H2,31,38)/b6-3+/t15-,18-,23?,29-/m0/s1. The summed E-state index contributed by atoms with van der Waals surface area (Å²) in [7, 11) is 8.88. The van der Waals surface area contributed by atoms with Gasteiger partial charge in [0.25, 0.3) is 5.91 Å². The van der Waals surface area contributed by atoms with Crippen molar-refractivity contribution in [3.8, 4) is 5.75 Å². The van der Waals surface area contributed by atoms with E-state index in [0.29, 0.717) is 16.6 Å². The summed E-state index contributed by atoms with van der Waals surface area (Å²) in [6.07, 6.45) is 3.92. The number of hydrogen-bond donors (Lipinski definition) is 5. The van der Waals surface area contributed by atoms with Crippen LogP contribution in [0.2, 0.25) is 0 Å². The van der Waals surface area contributed by atoms with E-state index in [1.54, 1.807) is 32.3 Å². The third-order valence-electron chi connectivity index (χ3n) is 8.03. The van der Waals surface area contributed by atoms with Gasteiger partial charge in [-0.2, -0.15) is 0 Å². The number of likely N-dealkylation sites (N-methyl/N-ethyl adjacent to an activating group) is 1. The Kier molecular flexibility index (Phi) is 6.28. The van der Waals surface area contributed by atoms with Crippen molar-refractivity contribution < 1.29 is 34.8 Å². The van der Waals surface area contributed by atoms with Crippen molar-refractivity contribution >= 4 is 48.7 Å².